The van der Waals surface area contributed by atoms with Crippen LogP contribution in [0.1, 0.15) is 6.92 Å². The van der Waals surface area contributed by atoms with E-state index in [1.807, 2.05) is 0 Å². The number of benzene rings is 1. The van der Waals surface area contributed by atoms with Crippen molar-refractivity contribution in [1.82, 2.24) is 5.01 Å². The molecule has 2 rings (SSSR count). The minimum Gasteiger partial charge on any atom is -0.395 e. The van der Waals surface area contributed by atoms with Gasteiger partial charge < -0.3 is 15.3 Å². The Labute approximate surface area is 143 Å². The lowest BCUT2D eigenvalue weighted by Crippen LogP contribution is -2.45. The number of nitrogens with zero attached hydrogens (tertiary/aromatic N) is 3. The highest BCUT2D eigenvalue weighted by molar-refractivity contribution is 8.00. The van der Waals surface area contributed by atoms with Gasteiger partial charge in [0.2, 0.25) is 0 Å². The summed E-state index contributed by atoms with van der Waals surface area (Å²) in [4.78, 5) is 4.06. The predicted molar refractivity (Wildman–Crippen MR) is 89.9 cm³/mol. The topological polar surface area (TPSA) is 79.5 Å². The molecule has 0 bridgehead atoms. The smallest absolute Gasteiger partial charge is 0.151 e. The molecule has 1 aliphatic rings. The van der Waals surface area contributed by atoms with Gasteiger partial charge in [0.05, 0.1) is 30.3 Å². The van der Waals surface area contributed by atoms with Crippen LogP contribution in [0.15, 0.2) is 23.2 Å². The summed E-state index contributed by atoms with van der Waals surface area (Å²) in [5.74, 6) is -1.38. The molecule has 3 N–H and O–H groups in total. The Balaban J connectivity index is 2.01. The first-order valence-corrected chi connectivity index (χ1v) is 8.44. The highest BCUT2D eigenvalue weighted by atomic mass is 32.2. The van der Waals surface area contributed by atoms with Gasteiger partial charge in [0, 0.05) is 17.9 Å². The van der Waals surface area contributed by atoms with E-state index in [4.69, 9.17) is 10.2 Å². The van der Waals surface area contributed by atoms with Crippen LogP contribution in [0.25, 0.3) is 0 Å². The number of aliphatic hydroxyl groups excluding tert-OH is 3. The van der Waals surface area contributed by atoms with Gasteiger partial charge >= 0.3 is 0 Å². The Morgan fingerprint density at radius 2 is 2.00 bits per heavy atom. The molecule has 0 saturated heterocycles. The second kappa shape index (κ2) is 8.72. The molecule has 0 aromatic heterocycles. The molecule has 24 heavy (non-hydrogen) atoms. The molecule has 1 heterocycles. The number of hydrogen-bond donors (Lipinski definition) is 3. The highest BCUT2D eigenvalue weighted by Gasteiger charge is 2.27. The molecule has 6 nitrogen and oxygen atoms in total. The molecule has 1 aromatic rings. The van der Waals surface area contributed by atoms with Crippen molar-refractivity contribution in [3.63, 3.8) is 0 Å². The third-order valence-electron chi connectivity index (χ3n) is 3.65. The molecular formula is C15H21F2N3O3S. The molecular weight excluding hydrogens is 340 g/mol. The number of halogens is 2. The lowest BCUT2D eigenvalue weighted by Gasteiger charge is -2.31. The van der Waals surface area contributed by atoms with Gasteiger partial charge in [-0.2, -0.15) is 5.01 Å². The summed E-state index contributed by atoms with van der Waals surface area (Å²) in [6.45, 7) is 1.84. The Kier molecular flexibility index (Phi) is 6.93. The van der Waals surface area contributed by atoms with Gasteiger partial charge in [-0.25, -0.2) is 8.78 Å². The Hall–Kier alpha value is -1.26. The first kappa shape index (κ1) is 19.1. The van der Waals surface area contributed by atoms with Crippen molar-refractivity contribution >= 4 is 23.8 Å². The van der Waals surface area contributed by atoms with Gasteiger partial charge in [0.25, 0.3) is 0 Å². The lowest BCUT2D eigenvalue weighted by molar-refractivity contribution is 0.121. The summed E-state index contributed by atoms with van der Waals surface area (Å²) in [6, 6.07) is 3.26. The van der Waals surface area contributed by atoms with Crippen LogP contribution in [0.4, 0.5) is 14.5 Å². The van der Waals surface area contributed by atoms with Crippen LogP contribution in [0, 0.1) is 11.6 Å². The van der Waals surface area contributed by atoms with Crippen LogP contribution in [0.3, 0.4) is 0 Å². The molecule has 0 spiro atoms. The largest absolute Gasteiger partial charge is 0.395 e. The fourth-order valence-electron chi connectivity index (χ4n) is 2.28. The molecule has 1 aliphatic heterocycles. The predicted octanol–water partition coefficient (Wildman–Crippen LogP) is 0.823. The third-order valence-corrected chi connectivity index (χ3v) is 5.08. The fraction of sp³-hybridized carbons (Fsp3) is 0.533. The molecule has 0 unspecified atom stereocenters. The van der Waals surface area contributed by atoms with Crippen LogP contribution in [-0.2, 0) is 0 Å². The second-order valence-corrected chi connectivity index (χ2v) is 7.15. The zero-order chi connectivity index (χ0) is 17.7. The average molecular weight is 361 g/mol. The third kappa shape index (κ3) is 4.64. The molecule has 0 saturated carbocycles. The molecule has 0 aliphatic carbocycles. The molecule has 0 amide bonds. The number of rotatable bonds is 8. The second-order valence-electron chi connectivity index (χ2n) is 5.46. The highest BCUT2D eigenvalue weighted by Crippen LogP contribution is 2.25. The van der Waals surface area contributed by atoms with E-state index in [0.29, 0.717) is 0 Å². The molecule has 2 atom stereocenters. The van der Waals surface area contributed by atoms with Crippen molar-refractivity contribution in [3.05, 3.63) is 29.8 Å². The van der Waals surface area contributed by atoms with Crippen LogP contribution < -0.4 is 5.01 Å². The van der Waals surface area contributed by atoms with Crippen molar-refractivity contribution < 1.29 is 24.1 Å². The van der Waals surface area contributed by atoms with E-state index in [0.717, 1.165) is 12.1 Å². The zero-order valence-electron chi connectivity index (χ0n) is 13.2. The van der Waals surface area contributed by atoms with Crippen molar-refractivity contribution in [2.24, 2.45) is 4.99 Å². The van der Waals surface area contributed by atoms with Crippen molar-refractivity contribution in [2.75, 3.05) is 31.4 Å². The summed E-state index contributed by atoms with van der Waals surface area (Å²) >= 11 is 1.28. The summed E-state index contributed by atoms with van der Waals surface area (Å²) in [7, 11) is 0. The van der Waals surface area contributed by atoms with Crippen molar-refractivity contribution in [1.29, 1.82) is 0 Å². The number of aliphatic imine (C=N–C) groups is 1. The summed E-state index contributed by atoms with van der Waals surface area (Å²) < 4.78 is 27.0. The molecule has 9 heteroatoms. The summed E-state index contributed by atoms with van der Waals surface area (Å²) in [5.41, 5.74) is 0.147. The van der Waals surface area contributed by atoms with Gasteiger partial charge in [-0.05, 0) is 12.1 Å². The standard InChI is InChI=1S/C15H21F2N3O3S/c1-10(24-12(6-21)7-22)15(23)5-19-8-18-9-20(19)14-3-2-11(16)4-13(14)17/h2-4,9-10,12,15,21-23H,5-8H2,1H3/t10-,15-/m1/s1. The van der Waals surface area contributed by atoms with Gasteiger partial charge in [-0.15, -0.1) is 11.8 Å². The van der Waals surface area contributed by atoms with Gasteiger partial charge in [-0.3, -0.25) is 10.0 Å². The molecule has 0 radical (unpaired) electrons. The van der Waals surface area contributed by atoms with Crippen molar-refractivity contribution in [2.45, 2.75) is 23.5 Å². The maximum absolute atomic E-state index is 13.9. The monoisotopic (exact) mass is 361 g/mol. The minimum absolute atomic E-state index is 0.147. The van der Waals surface area contributed by atoms with E-state index in [2.05, 4.69) is 4.99 Å². The number of aliphatic hydroxyl groups is 3. The van der Waals surface area contributed by atoms with Crippen LogP contribution >= 0.6 is 11.8 Å². The molecule has 0 fully saturated rings. The summed E-state index contributed by atoms with van der Waals surface area (Å²) in [5, 5.41) is 31.0. The first-order chi connectivity index (χ1) is 11.5. The number of hydrogen-bond acceptors (Lipinski definition) is 7. The fourth-order valence-corrected chi connectivity index (χ4v) is 3.33. The van der Waals surface area contributed by atoms with E-state index >= 15 is 0 Å². The number of thioether (sulfide) groups is 1. The van der Waals surface area contributed by atoms with Crippen LogP contribution in [0.2, 0.25) is 0 Å². The van der Waals surface area contributed by atoms with E-state index < -0.39 is 17.7 Å². The Bertz CT molecular complexity index is 575. The zero-order valence-corrected chi connectivity index (χ0v) is 14.0. The SMILES string of the molecule is C[C@@H](SC(CO)CO)[C@H](O)CN1CN=CN1c1ccc(F)cc1F. The Morgan fingerprint density at radius 3 is 2.62 bits per heavy atom. The number of hydrazine groups is 1. The normalized spacial score (nSPS) is 17.7. The Morgan fingerprint density at radius 1 is 1.29 bits per heavy atom. The van der Waals surface area contributed by atoms with E-state index in [1.165, 1.54) is 29.2 Å². The first-order valence-electron chi connectivity index (χ1n) is 7.50. The quantitative estimate of drug-likeness (QED) is 0.636. The van der Waals surface area contributed by atoms with Crippen LogP contribution in [-0.4, -0.2) is 69.7 Å². The minimum atomic E-state index is -0.789. The molecule has 134 valence electrons. The average Bonchev–Trinajstić information content (AvgIpc) is 3.00. The van der Waals surface area contributed by atoms with E-state index in [1.54, 1.807) is 11.9 Å². The van der Waals surface area contributed by atoms with Gasteiger partial charge in [-0.1, -0.05) is 6.92 Å². The van der Waals surface area contributed by atoms with Gasteiger partial charge in [0.1, 0.15) is 18.8 Å². The van der Waals surface area contributed by atoms with E-state index in [-0.39, 0.29) is 42.6 Å². The summed E-state index contributed by atoms with van der Waals surface area (Å²) in [6.07, 6.45) is 0.633. The maximum atomic E-state index is 13.9. The number of anilines is 1. The molecule has 1 aromatic carbocycles. The van der Waals surface area contributed by atoms with Crippen molar-refractivity contribution in [3.8, 4) is 0 Å². The lowest BCUT2D eigenvalue weighted by atomic mass is 10.2. The number of β-amino-alcohol motifs (C(OH)–C–C–N with tert-alkyl or cyclic N) is 1. The van der Waals surface area contributed by atoms with Gasteiger partial charge in [0.15, 0.2) is 5.82 Å². The van der Waals surface area contributed by atoms with E-state index in [9.17, 15) is 13.9 Å². The van der Waals surface area contributed by atoms with Crippen LogP contribution in [0.5, 0.6) is 0 Å². The maximum Gasteiger partial charge on any atom is 0.151 e.